The van der Waals surface area contributed by atoms with Crippen molar-refractivity contribution in [3.05, 3.63) is 58.4 Å². The molecule has 2 rings (SSSR count). The van der Waals surface area contributed by atoms with E-state index >= 15 is 0 Å². The van der Waals surface area contributed by atoms with Crippen LogP contribution >= 0.6 is 23.8 Å². The van der Waals surface area contributed by atoms with Crippen molar-refractivity contribution in [1.29, 1.82) is 0 Å². The Morgan fingerprint density at radius 1 is 1.29 bits per heavy atom. The zero-order valence-corrected chi connectivity index (χ0v) is 15.2. The normalized spacial score (nSPS) is 11.1. The monoisotopic (exact) mass is 383 g/mol. The Morgan fingerprint density at radius 3 is 2.38 bits per heavy atom. The van der Waals surface area contributed by atoms with Crippen LogP contribution in [0.25, 0.3) is 0 Å². The van der Waals surface area contributed by atoms with Gasteiger partial charge >= 0.3 is 0 Å². The second-order valence-corrected chi connectivity index (χ2v) is 7.75. The number of nitrogens with two attached hydrogens (primary N) is 1. The number of aryl methyl sites for hydroxylation is 1. The van der Waals surface area contributed by atoms with Gasteiger partial charge in [-0.1, -0.05) is 23.8 Å². The molecule has 0 saturated heterocycles. The topological polar surface area (TPSA) is 93.4 Å². The Balaban J connectivity index is 2.67. The fourth-order valence-electron chi connectivity index (χ4n) is 2.05. The quantitative estimate of drug-likeness (QED) is 0.814. The number of aromatic nitrogens is 1. The minimum atomic E-state index is -3.94. The molecule has 1 heterocycles. The molecular weight excluding hydrogens is 370 g/mol. The molecular formula is C15H14ClN3O3S2. The molecule has 2 aromatic rings. The molecule has 0 fully saturated rings. The Labute approximate surface area is 150 Å². The van der Waals surface area contributed by atoms with E-state index in [9.17, 15) is 13.2 Å². The number of carbonyl (C=O) groups excluding carboxylic acids is 1. The molecule has 9 heteroatoms. The van der Waals surface area contributed by atoms with Crippen LogP contribution in [0.2, 0.25) is 5.02 Å². The molecule has 0 spiro atoms. The number of amides is 1. The fourth-order valence-corrected chi connectivity index (χ4v) is 3.25. The SMILES string of the molecule is Cc1cc(N(C(=O)c2ccc(Cl)cc2)S(C)(=O)=O)c(C(N)=S)cn1. The van der Waals surface area contributed by atoms with Gasteiger partial charge in [-0.3, -0.25) is 9.78 Å². The van der Waals surface area contributed by atoms with E-state index in [-0.39, 0.29) is 21.8 Å². The van der Waals surface area contributed by atoms with Gasteiger partial charge in [-0.25, -0.2) is 12.7 Å². The largest absolute Gasteiger partial charge is 0.389 e. The van der Waals surface area contributed by atoms with Crippen molar-refractivity contribution >= 4 is 50.4 Å². The fraction of sp³-hybridized carbons (Fsp3) is 0.133. The third kappa shape index (κ3) is 3.89. The van der Waals surface area contributed by atoms with Gasteiger partial charge in [0.25, 0.3) is 5.91 Å². The molecule has 0 bridgehead atoms. The summed E-state index contributed by atoms with van der Waals surface area (Å²) < 4.78 is 25.2. The number of nitrogens with zero attached hydrogens (tertiary/aromatic N) is 2. The van der Waals surface area contributed by atoms with Crippen LogP contribution in [0.3, 0.4) is 0 Å². The highest BCUT2D eigenvalue weighted by Crippen LogP contribution is 2.26. The van der Waals surface area contributed by atoms with Gasteiger partial charge in [0.05, 0.1) is 17.5 Å². The van der Waals surface area contributed by atoms with E-state index in [0.717, 1.165) is 6.26 Å². The molecule has 0 unspecified atom stereocenters. The van der Waals surface area contributed by atoms with Crippen molar-refractivity contribution < 1.29 is 13.2 Å². The van der Waals surface area contributed by atoms with Gasteiger partial charge < -0.3 is 5.73 Å². The average Bonchev–Trinajstić information content (AvgIpc) is 2.46. The molecule has 1 aromatic carbocycles. The molecule has 2 N–H and O–H groups in total. The number of hydrogen-bond acceptors (Lipinski definition) is 5. The van der Waals surface area contributed by atoms with Crippen molar-refractivity contribution in [2.75, 3.05) is 10.6 Å². The zero-order valence-electron chi connectivity index (χ0n) is 12.9. The van der Waals surface area contributed by atoms with Gasteiger partial charge in [-0.15, -0.1) is 0 Å². The third-order valence-corrected chi connectivity index (χ3v) is 4.61. The van der Waals surface area contributed by atoms with Crippen LogP contribution < -0.4 is 10.0 Å². The van der Waals surface area contributed by atoms with Crippen LogP contribution in [-0.4, -0.2) is 30.6 Å². The first-order valence-electron chi connectivity index (χ1n) is 6.68. The van der Waals surface area contributed by atoms with Gasteiger partial charge in [0.15, 0.2) is 0 Å². The highest BCUT2D eigenvalue weighted by Gasteiger charge is 2.29. The molecule has 0 atom stereocenters. The molecule has 0 aliphatic rings. The predicted octanol–water partition coefficient (Wildman–Crippen LogP) is 2.28. The third-order valence-electron chi connectivity index (χ3n) is 3.11. The Kier molecular flexibility index (Phi) is 5.22. The van der Waals surface area contributed by atoms with Crippen molar-refractivity contribution in [3.8, 4) is 0 Å². The Hall–Kier alpha value is -2.03. The van der Waals surface area contributed by atoms with E-state index in [1.54, 1.807) is 6.92 Å². The summed E-state index contributed by atoms with van der Waals surface area (Å²) in [6.45, 7) is 1.67. The van der Waals surface area contributed by atoms with Crippen molar-refractivity contribution in [1.82, 2.24) is 4.98 Å². The van der Waals surface area contributed by atoms with Gasteiger partial charge in [0, 0.05) is 22.5 Å². The summed E-state index contributed by atoms with van der Waals surface area (Å²) in [6.07, 6.45) is 2.28. The van der Waals surface area contributed by atoms with E-state index in [0.29, 0.717) is 15.0 Å². The number of rotatable bonds is 4. The number of anilines is 1. The molecule has 126 valence electrons. The number of hydrogen-bond donors (Lipinski definition) is 1. The number of sulfonamides is 1. The summed E-state index contributed by atoms with van der Waals surface area (Å²) in [5.41, 5.74) is 6.59. The number of thiocarbonyl (C=S) groups is 1. The van der Waals surface area contributed by atoms with Crippen LogP contribution in [0.4, 0.5) is 5.69 Å². The average molecular weight is 384 g/mol. The van der Waals surface area contributed by atoms with E-state index in [1.807, 2.05) is 0 Å². The lowest BCUT2D eigenvalue weighted by Crippen LogP contribution is -2.37. The lowest BCUT2D eigenvalue weighted by molar-refractivity contribution is 0.101. The smallest absolute Gasteiger partial charge is 0.272 e. The van der Waals surface area contributed by atoms with Gasteiger partial charge in [-0.05, 0) is 37.3 Å². The highest BCUT2D eigenvalue weighted by atomic mass is 35.5. The summed E-state index contributed by atoms with van der Waals surface area (Å²) in [5.74, 6) is -0.739. The molecule has 24 heavy (non-hydrogen) atoms. The molecule has 6 nitrogen and oxygen atoms in total. The summed E-state index contributed by atoms with van der Waals surface area (Å²) in [5, 5.41) is 0.432. The maximum atomic E-state index is 12.8. The van der Waals surface area contributed by atoms with Gasteiger partial charge in [-0.2, -0.15) is 0 Å². The van der Waals surface area contributed by atoms with Crippen LogP contribution in [-0.2, 0) is 10.0 Å². The maximum absolute atomic E-state index is 12.8. The Bertz CT molecular complexity index is 912. The number of benzene rings is 1. The number of carbonyl (C=O) groups is 1. The Morgan fingerprint density at radius 2 is 1.88 bits per heavy atom. The minimum absolute atomic E-state index is 0.0601. The van der Waals surface area contributed by atoms with E-state index < -0.39 is 15.9 Å². The zero-order chi connectivity index (χ0) is 18.1. The lowest BCUT2D eigenvalue weighted by Gasteiger charge is -2.23. The van der Waals surface area contributed by atoms with Crippen molar-refractivity contribution in [2.24, 2.45) is 5.73 Å². The van der Waals surface area contributed by atoms with Crippen LogP contribution in [0.15, 0.2) is 36.5 Å². The van der Waals surface area contributed by atoms with Crippen LogP contribution in [0.1, 0.15) is 21.6 Å². The second-order valence-electron chi connectivity index (χ2n) is 5.05. The standard InChI is InChI=1S/C15H14ClN3O3S2/c1-9-7-13(12(8-18-9)14(17)23)19(24(2,21)22)15(20)10-3-5-11(16)6-4-10/h3-8H,1-2H3,(H2,17,23). The summed E-state index contributed by atoms with van der Waals surface area (Å²) in [4.78, 5) is 16.8. The van der Waals surface area contributed by atoms with E-state index in [4.69, 9.17) is 29.6 Å². The summed E-state index contributed by atoms with van der Waals surface area (Å²) in [6, 6.07) is 7.33. The highest BCUT2D eigenvalue weighted by molar-refractivity contribution is 7.92. The number of halogens is 1. The molecule has 1 aromatic heterocycles. The van der Waals surface area contributed by atoms with Gasteiger partial charge in [0.2, 0.25) is 10.0 Å². The van der Waals surface area contributed by atoms with Crippen LogP contribution in [0.5, 0.6) is 0 Å². The minimum Gasteiger partial charge on any atom is -0.389 e. The number of pyridine rings is 1. The van der Waals surface area contributed by atoms with Crippen LogP contribution in [0, 0.1) is 6.92 Å². The molecule has 1 amide bonds. The predicted molar refractivity (Wildman–Crippen MR) is 98.0 cm³/mol. The van der Waals surface area contributed by atoms with Crippen molar-refractivity contribution in [3.63, 3.8) is 0 Å². The molecule has 0 saturated carbocycles. The summed E-state index contributed by atoms with van der Waals surface area (Å²) >= 11 is 10.7. The maximum Gasteiger partial charge on any atom is 0.272 e. The summed E-state index contributed by atoms with van der Waals surface area (Å²) in [7, 11) is -3.94. The first-order chi connectivity index (χ1) is 11.1. The first-order valence-corrected chi connectivity index (χ1v) is 9.31. The van der Waals surface area contributed by atoms with E-state index in [1.165, 1.54) is 36.5 Å². The van der Waals surface area contributed by atoms with Crippen molar-refractivity contribution in [2.45, 2.75) is 6.92 Å². The molecule has 0 aliphatic carbocycles. The van der Waals surface area contributed by atoms with Gasteiger partial charge in [0.1, 0.15) is 4.99 Å². The first kappa shape index (κ1) is 18.3. The van der Waals surface area contributed by atoms with E-state index in [2.05, 4.69) is 4.98 Å². The lowest BCUT2D eigenvalue weighted by atomic mass is 10.1. The second kappa shape index (κ2) is 6.84. The molecule has 0 radical (unpaired) electrons. The molecule has 0 aliphatic heterocycles.